The Hall–Kier alpha value is -4.28. The number of hydrogen-bond donors (Lipinski definition) is 2. The Labute approximate surface area is 200 Å². The third-order valence-electron chi connectivity index (χ3n) is 4.99. The zero-order valence-corrected chi connectivity index (χ0v) is 19.0. The Morgan fingerprint density at radius 2 is 1.94 bits per heavy atom. The maximum atomic E-state index is 11.0. The topological polar surface area (TPSA) is 108 Å². The Morgan fingerprint density at radius 1 is 1.18 bits per heavy atom. The van der Waals surface area contributed by atoms with Crippen LogP contribution in [0.15, 0.2) is 60.7 Å². The van der Waals surface area contributed by atoms with Gasteiger partial charge in [-0.3, -0.25) is 0 Å². The average Bonchev–Trinajstić information content (AvgIpc) is 3.26. The summed E-state index contributed by atoms with van der Waals surface area (Å²) < 4.78 is 11.7. The van der Waals surface area contributed by atoms with Crippen LogP contribution >= 0.6 is 11.6 Å². The molecule has 0 aliphatic heterocycles. The number of fused-ring (bicyclic) bond motifs is 1. The Bertz CT molecular complexity index is 1390. The minimum atomic E-state index is -0.989. The SMILES string of the molecule is CCOc1cc(/C=C(\C#N)c2nc3ccccc3[nH]2)cc(Cl)c1OCc1ccc(C(=O)O)cc1. The van der Waals surface area contributed by atoms with Gasteiger partial charge in [0.05, 0.1) is 33.8 Å². The molecule has 34 heavy (non-hydrogen) atoms. The minimum absolute atomic E-state index is 0.178. The third kappa shape index (κ3) is 5.03. The zero-order valence-electron chi connectivity index (χ0n) is 18.2. The molecule has 2 N–H and O–H groups in total. The van der Waals surface area contributed by atoms with Crippen molar-refractivity contribution in [2.24, 2.45) is 0 Å². The number of allylic oxidation sites excluding steroid dienone is 1. The number of aromatic nitrogens is 2. The standard InChI is InChI=1S/C26H20ClN3O4/c1-2-33-23-13-17(11-19(14-28)25-29-21-5-3-4-6-22(21)30-25)12-20(27)24(23)34-15-16-7-9-18(10-8-16)26(31)32/h3-13H,2,15H2,1H3,(H,29,30)(H,31,32)/b19-11+. The van der Waals surface area contributed by atoms with Gasteiger partial charge in [-0.05, 0) is 60.5 Å². The van der Waals surface area contributed by atoms with E-state index >= 15 is 0 Å². The van der Waals surface area contributed by atoms with E-state index < -0.39 is 5.97 Å². The van der Waals surface area contributed by atoms with Gasteiger partial charge >= 0.3 is 5.97 Å². The molecule has 3 aromatic carbocycles. The smallest absolute Gasteiger partial charge is 0.335 e. The molecule has 0 aliphatic carbocycles. The number of para-hydroxylation sites is 2. The van der Waals surface area contributed by atoms with Crippen molar-refractivity contribution in [1.82, 2.24) is 9.97 Å². The van der Waals surface area contributed by atoms with Gasteiger partial charge in [0.15, 0.2) is 11.5 Å². The highest BCUT2D eigenvalue weighted by atomic mass is 35.5. The lowest BCUT2D eigenvalue weighted by Gasteiger charge is -2.15. The Morgan fingerprint density at radius 3 is 2.62 bits per heavy atom. The van der Waals surface area contributed by atoms with Crippen molar-refractivity contribution >= 4 is 40.3 Å². The van der Waals surface area contributed by atoms with Crippen molar-refractivity contribution in [3.8, 4) is 17.6 Å². The highest BCUT2D eigenvalue weighted by Crippen LogP contribution is 2.38. The molecule has 0 saturated heterocycles. The summed E-state index contributed by atoms with van der Waals surface area (Å²) in [4.78, 5) is 18.7. The maximum Gasteiger partial charge on any atom is 0.335 e. The molecule has 170 valence electrons. The summed E-state index contributed by atoms with van der Waals surface area (Å²) in [7, 11) is 0. The van der Waals surface area contributed by atoms with E-state index in [1.165, 1.54) is 12.1 Å². The average molecular weight is 474 g/mol. The van der Waals surface area contributed by atoms with E-state index in [4.69, 9.17) is 26.2 Å². The number of carbonyl (C=O) groups is 1. The third-order valence-corrected chi connectivity index (χ3v) is 5.27. The van der Waals surface area contributed by atoms with Gasteiger partial charge in [-0.25, -0.2) is 9.78 Å². The van der Waals surface area contributed by atoms with Gasteiger partial charge in [0.1, 0.15) is 18.5 Å². The van der Waals surface area contributed by atoms with Gasteiger partial charge in [-0.15, -0.1) is 0 Å². The van der Waals surface area contributed by atoms with Crippen molar-refractivity contribution < 1.29 is 19.4 Å². The molecular formula is C26H20ClN3O4. The first-order chi connectivity index (χ1) is 16.5. The predicted octanol–water partition coefficient (Wildman–Crippen LogP) is 5.96. The van der Waals surface area contributed by atoms with E-state index in [1.807, 2.05) is 31.2 Å². The minimum Gasteiger partial charge on any atom is -0.490 e. The molecule has 0 radical (unpaired) electrons. The number of rotatable bonds is 8. The number of carboxylic acid groups (broad SMARTS) is 1. The molecule has 7 nitrogen and oxygen atoms in total. The van der Waals surface area contributed by atoms with Gasteiger partial charge in [0.2, 0.25) is 0 Å². The predicted molar refractivity (Wildman–Crippen MR) is 130 cm³/mol. The van der Waals surface area contributed by atoms with E-state index in [2.05, 4.69) is 16.0 Å². The second-order valence-electron chi connectivity index (χ2n) is 7.33. The van der Waals surface area contributed by atoms with E-state index in [0.29, 0.717) is 40.1 Å². The van der Waals surface area contributed by atoms with Crippen molar-refractivity contribution in [3.05, 3.63) is 88.2 Å². The second-order valence-corrected chi connectivity index (χ2v) is 7.73. The van der Waals surface area contributed by atoms with Gasteiger partial charge in [0, 0.05) is 0 Å². The first-order valence-electron chi connectivity index (χ1n) is 10.5. The summed E-state index contributed by atoms with van der Waals surface area (Å²) in [5.74, 6) is 0.274. The number of hydrogen-bond acceptors (Lipinski definition) is 5. The maximum absolute atomic E-state index is 11.0. The number of nitrogens with zero attached hydrogens (tertiary/aromatic N) is 2. The van der Waals surface area contributed by atoms with Gasteiger partial charge in [-0.1, -0.05) is 35.9 Å². The summed E-state index contributed by atoms with van der Waals surface area (Å²) in [5.41, 5.74) is 3.60. The molecule has 0 unspecified atom stereocenters. The van der Waals surface area contributed by atoms with E-state index in [0.717, 1.165) is 16.6 Å². The number of carboxylic acids is 1. The quantitative estimate of drug-likeness (QED) is 0.306. The van der Waals surface area contributed by atoms with Crippen molar-refractivity contribution in [2.45, 2.75) is 13.5 Å². The van der Waals surface area contributed by atoms with Crippen LogP contribution in [0.5, 0.6) is 11.5 Å². The van der Waals surface area contributed by atoms with E-state index in [-0.39, 0.29) is 12.2 Å². The van der Waals surface area contributed by atoms with Crippen LogP contribution in [0.3, 0.4) is 0 Å². The lowest BCUT2D eigenvalue weighted by atomic mass is 10.1. The van der Waals surface area contributed by atoms with Gasteiger partial charge in [0.25, 0.3) is 0 Å². The molecule has 8 heteroatoms. The molecular weight excluding hydrogens is 454 g/mol. The van der Waals surface area contributed by atoms with Gasteiger partial charge in [-0.2, -0.15) is 5.26 Å². The van der Waals surface area contributed by atoms with Crippen molar-refractivity contribution in [3.63, 3.8) is 0 Å². The highest BCUT2D eigenvalue weighted by Gasteiger charge is 2.14. The number of ether oxygens (including phenoxy) is 2. The van der Waals surface area contributed by atoms with Crippen molar-refractivity contribution in [1.29, 1.82) is 5.26 Å². The van der Waals surface area contributed by atoms with E-state index in [1.54, 1.807) is 30.3 Å². The fourth-order valence-corrected chi connectivity index (χ4v) is 3.65. The fraction of sp³-hybridized carbons (Fsp3) is 0.115. The lowest BCUT2D eigenvalue weighted by molar-refractivity contribution is 0.0697. The molecule has 0 atom stereocenters. The molecule has 0 fully saturated rings. The molecule has 0 saturated carbocycles. The van der Waals surface area contributed by atoms with Crippen LogP contribution in [0.1, 0.15) is 34.2 Å². The molecule has 0 amide bonds. The lowest BCUT2D eigenvalue weighted by Crippen LogP contribution is -2.02. The van der Waals surface area contributed by atoms with Crippen molar-refractivity contribution in [2.75, 3.05) is 6.61 Å². The molecule has 1 heterocycles. The summed E-state index contributed by atoms with van der Waals surface area (Å²) in [6.07, 6.45) is 1.68. The van der Waals surface area contributed by atoms with Gasteiger partial charge < -0.3 is 19.6 Å². The van der Waals surface area contributed by atoms with Crippen LogP contribution < -0.4 is 9.47 Å². The largest absolute Gasteiger partial charge is 0.490 e. The number of aromatic carboxylic acids is 1. The van der Waals surface area contributed by atoms with Crippen LogP contribution in [-0.2, 0) is 6.61 Å². The number of imidazole rings is 1. The van der Waals surface area contributed by atoms with Crippen LogP contribution in [-0.4, -0.2) is 27.7 Å². The number of nitriles is 1. The van der Waals surface area contributed by atoms with Crippen LogP contribution in [0, 0.1) is 11.3 Å². The molecule has 1 aromatic heterocycles. The molecule has 4 rings (SSSR count). The summed E-state index contributed by atoms with van der Waals surface area (Å²) >= 11 is 6.52. The Balaban J connectivity index is 1.62. The number of benzene rings is 3. The number of H-pyrrole nitrogens is 1. The molecule has 0 aliphatic rings. The monoisotopic (exact) mass is 473 g/mol. The highest BCUT2D eigenvalue weighted by molar-refractivity contribution is 6.32. The first-order valence-corrected chi connectivity index (χ1v) is 10.8. The molecule has 0 spiro atoms. The second kappa shape index (κ2) is 10.1. The number of halogens is 1. The Kier molecular flexibility index (Phi) is 6.81. The first kappa shape index (κ1) is 22.9. The van der Waals surface area contributed by atoms with Crippen LogP contribution in [0.4, 0.5) is 0 Å². The summed E-state index contributed by atoms with van der Waals surface area (Å²) in [6.45, 7) is 2.42. The van der Waals surface area contributed by atoms with Crippen LogP contribution in [0.25, 0.3) is 22.7 Å². The van der Waals surface area contributed by atoms with E-state index in [9.17, 15) is 10.1 Å². The number of aromatic amines is 1. The molecule has 0 bridgehead atoms. The fourth-order valence-electron chi connectivity index (χ4n) is 3.37. The summed E-state index contributed by atoms with van der Waals surface area (Å²) in [5, 5.41) is 19.1. The number of nitrogens with one attached hydrogen (secondary N) is 1. The normalized spacial score (nSPS) is 11.3. The zero-order chi connectivity index (χ0) is 24.1. The van der Waals surface area contributed by atoms with Crippen LogP contribution in [0.2, 0.25) is 5.02 Å². The molecule has 4 aromatic rings. The summed E-state index contributed by atoms with van der Waals surface area (Å²) in [6, 6.07) is 19.6.